The number of nitrogens with zero attached hydrogens (tertiary/aromatic N) is 1. The van der Waals surface area contributed by atoms with E-state index in [1.165, 1.54) is 24.1 Å². The van der Waals surface area contributed by atoms with Crippen LogP contribution in [-0.4, -0.2) is 49.1 Å². The van der Waals surface area contributed by atoms with E-state index in [2.05, 4.69) is 13.8 Å². The number of ether oxygens (including phenoxy) is 2. The fraction of sp³-hybridized carbons (Fsp3) is 0.360. The SMILES string of the molecule is COCCCN1C(=O)C(=O)/C(=C(/O)c2cc(Cl)c(OC)c(Cl)c2)C1c1ccc(C(C)C)cc1. The van der Waals surface area contributed by atoms with Crippen LogP contribution in [0.25, 0.3) is 5.76 Å². The average Bonchev–Trinajstić information content (AvgIpc) is 3.03. The molecular weight excluding hydrogens is 465 g/mol. The monoisotopic (exact) mass is 491 g/mol. The number of Topliss-reactive ketones (excluding diaryl/α,β-unsaturated/α-hetero) is 1. The molecule has 1 unspecified atom stereocenters. The van der Waals surface area contributed by atoms with Crippen molar-refractivity contribution < 1.29 is 24.2 Å². The van der Waals surface area contributed by atoms with Crippen molar-refractivity contribution in [1.29, 1.82) is 0 Å². The van der Waals surface area contributed by atoms with Crippen LogP contribution in [0.15, 0.2) is 42.0 Å². The summed E-state index contributed by atoms with van der Waals surface area (Å²) in [6.07, 6.45) is 0.546. The molecule has 2 aromatic carbocycles. The van der Waals surface area contributed by atoms with Crippen molar-refractivity contribution in [1.82, 2.24) is 4.90 Å². The van der Waals surface area contributed by atoms with E-state index in [-0.39, 0.29) is 32.7 Å². The van der Waals surface area contributed by atoms with E-state index < -0.39 is 17.7 Å². The molecule has 0 aromatic heterocycles. The number of halogens is 2. The van der Waals surface area contributed by atoms with Crippen LogP contribution < -0.4 is 4.74 Å². The second-order valence-electron chi connectivity index (χ2n) is 8.13. The predicted molar refractivity (Wildman–Crippen MR) is 129 cm³/mol. The Kier molecular flexibility index (Phi) is 8.05. The highest BCUT2D eigenvalue weighted by atomic mass is 35.5. The number of carbonyl (C=O) groups is 2. The summed E-state index contributed by atoms with van der Waals surface area (Å²) in [6.45, 7) is 4.91. The first-order valence-electron chi connectivity index (χ1n) is 10.6. The summed E-state index contributed by atoms with van der Waals surface area (Å²) in [5.74, 6) is -1.18. The van der Waals surface area contributed by atoms with Crippen LogP contribution in [0.5, 0.6) is 5.75 Å². The van der Waals surface area contributed by atoms with Gasteiger partial charge in [-0.2, -0.15) is 0 Å². The first kappa shape index (κ1) is 25.1. The number of benzene rings is 2. The smallest absolute Gasteiger partial charge is 0.295 e. The van der Waals surface area contributed by atoms with Crippen LogP contribution in [0.2, 0.25) is 10.0 Å². The van der Waals surface area contributed by atoms with Gasteiger partial charge in [0.1, 0.15) is 5.76 Å². The standard InChI is InChI=1S/C25H27Cl2NO5/c1-14(2)15-6-8-16(9-7-15)21-20(23(30)25(31)28(21)10-5-11-32-3)22(29)17-12-18(26)24(33-4)19(27)13-17/h6-9,12-14,21,29H,5,10-11H2,1-4H3/b22-20+. The fourth-order valence-electron chi connectivity index (χ4n) is 3.95. The second kappa shape index (κ2) is 10.6. The van der Waals surface area contributed by atoms with Gasteiger partial charge in [0, 0.05) is 25.8 Å². The molecule has 1 fully saturated rings. The zero-order valence-electron chi connectivity index (χ0n) is 19.0. The molecular formula is C25H27Cl2NO5. The molecule has 1 amide bonds. The summed E-state index contributed by atoms with van der Waals surface area (Å²) in [5.41, 5.74) is 2.07. The second-order valence-corrected chi connectivity index (χ2v) is 8.95. The summed E-state index contributed by atoms with van der Waals surface area (Å²) >= 11 is 12.5. The van der Waals surface area contributed by atoms with Crippen LogP contribution in [0.4, 0.5) is 0 Å². The third-order valence-corrected chi connectivity index (χ3v) is 6.24. The van der Waals surface area contributed by atoms with Gasteiger partial charge in [0.25, 0.3) is 11.7 Å². The molecule has 1 aliphatic rings. The molecule has 1 atom stereocenters. The Morgan fingerprint density at radius 2 is 1.70 bits per heavy atom. The van der Waals surface area contributed by atoms with Gasteiger partial charge in [0.15, 0.2) is 5.75 Å². The first-order chi connectivity index (χ1) is 15.7. The van der Waals surface area contributed by atoms with Crippen molar-refractivity contribution in [3.63, 3.8) is 0 Å². The Balaban J connectivity index is 2.15. The molecule has 8 heteroatoms. The number of aliphatic hydroxyl groups is 1. The third-order valence-electron chi connectivity index (χ3n) is 5.68. The molecule has 1 heterocycles. The van der Waals surface area contributed by atoms with Gasteiger partial charge in [0.2, 0.25) is 0 Å². The van der Waals surface area contributed by atoms with Crippen LogP contribution in [0.1, 0.15) is 48.9 Å². The van der Waals surface area contributed by atoms with Gasteiger partial charge in [-0.3, -0.25) is 9.59 Å². The van der Waals surface area contributed by atoms with Crippen molar-refractivity contribution in [2.45, 2.75) is 32.2 Å². The summed E-state index contributed by atoms with van der Waals surface area (Å²) in [7, 11) is 3.01. The molecule has 0 bridgehead atoms. The minimum atomic E-state index is -0.758. The third kappa shape index (κ3) is 5.03. The van der Waals surface area contributed by atoms with E-state index in [0.717, 1.165) is 11.1 Å². The van der Waals surface area contributed by atoms with Crippen molar-refractivity contribution >= 4 is 40.7 Å². The normalized spacial score (nSPS) is 17.8. The van der Waals surface area contributed by atoms with Crippen LogP contribution >= 0.6 is 23.2 Å². The molecule has 0 radical (unpaired) electrons. The maximum absolute atomic E-state index is 13.1. The van der Waals surface area contributed by atoms with E-state index in [4.69, 9.17) is 32.7 Å². The molecule has 0 saturated carbocycles. The number of likely N-dealkylation sites (tertiary alicyclic amines) is 1. The van der Waals surface area contributed by atoms with Gasteiger partial charge in [-0.15, -0.1) is 0 Å². The summed E-state index contributed by atoms with van der Waals surface area (Å²) in [4.78, 5) is 27.5. The van der Waals surface area contributed by atoms with Gasteiger partial charge in [0.05, 0.1) is 28.8 Å². The lowest BCUT2D eigenvalue weighted by atomic mass is 9.93. The zero-order valence-corrected chi connectivity index (χ0v) is 20.5. The van der Waals surface area contributed by atoms with Crippen molar-refractivity contribution in [3.8, 4) is 5.75 Å². The number of methoxy groups -OCH3 is 2. The lowest BCUT2D eigenvalue weighted by molar-refractivity contribution is -0.140. The first-order valence-corrected chi connectivity index (χ1v) is 11.4. The minimum Gasteiger partial charge on any atom is -0.507 e. The molecule has 2 aromatic rings. The number of hydrogen-bond acceptors (Lipinski definition) is 5. The van der Waals surface area contributed by atoms with Crippen molar-refractivity contribution in [2.24, 2.45) is 0 Å². The zero-order chi connectivity index (χ0) is 24.3. The maximum Gasteiger partial charge on any atom is 0.295 e. The molecule has 0 spiro atoms. The van der Waals surface area contributed by atoms with Gasteiger partial charge >= 0.3 is 0 Å². The van der Waals surface area contributed by atoms with Crippen LogP contribution in [-0.2, 0) is 14.3 Å². The lowest BCUT2D eigenvalue weighted by Gasteiger charge is -2.25. The fourth-order valence-corrected chi connectivity index (χ4v) is 4.59. The molecule has 3 rings (SSSR count). The predicted octanol–water partition coefficient (Wildman–Crippen LogP) is 5.58. The van der Waals surface area contributed by atoms with Crippen molar-refractivity contribution in [3.05, 3.63) is 68.7 Å². The topological polar surface area (TPSA) is 76.1 Å². The average molecular weight is 492 g/mol. The van der Waals surface area contributed by atoms with E-state index in [1.807, 2.05) is 24.3 Å². The largest absolute Gasteiger partial charge is 0.507 e. The van der Waals surface area contributed by atoms with E-state index in [0.29, 0.717) is 25.5 Å². The molecule has 176 valence electrons. The number of amides is 1. The Hall–Kier alpha value is -2.54. The highest BCUT2D eigenvalue weighted by Gasteiger charge is 2.45. The number of aliphatic hydroxyl groups excluding tert-OH is 1. The maximum atomic E-state index is 13.1. The van der Waals surface area contributed by atoms with Gasteiger partial charge in [-0.05, 0) is 35.6 Å². The highest BCUT2D eigenvalue weighted by Crippen LogP contribution is 2.42. The van der Waals surface area contributed by atoms with E-state index >= 15 is 0 Å². The Morgan fingerprint density at radius 1 is 1.09 bits per heavy atom. The van der Waals surface area contributed by atoms with Gasteiger partial charge < -0.3 is 19.5 Å². The van der Waals surface area contributed by atoms with E-state index in [1.54, 1.807) is 7.11 Å². The molecule has 6 nitrogen and oxygen atoms in total. The Morgan fingerprint density at radius 3 is 2.21 bits per heavy atom. The molecule has 0 aliphatic carbocycles. The quantitative estimate of drug-likeness (QED) is 0.225. The van der Waals surface area contributed by atoms with Gasteiger partial charge in [-0.1, -0.05) is 61.3 Å². The summed E-state index contributed by atoms with van der Waals surface area (Å²) in [5, 5.41) is 11.5. The minimum absolute atomic E-state index is 0.00739. The molecule has 33 heavy (non-hydrogen) atoms. The van der Waals surface area contributed by atoms with E-state index in [9.17, 15) is 14.7 Å². The van der Waals surface area contributed by atoms with Crippen LogP contribution in [0.3, 0.4) is 0 Å². The molecule has 1 aliphatic heterocycles. The molecule has 1 saturated heterocycles. The number of rotatable bonds is 8. The van der Waals surface area contributed by atoms with Crippen molar-refractivity contribution in [2.75, 3.05) is 27.4 Å². The highest BCUT2D eigenvalue weighted by molar-refractivity contribution is 6.46. The van der Waals surface area contributed by atoms with Crippen LogP contribution in [0, 0.1) is 0 Å². The number of carbonyl (C=O) groups excluding carboxylic acids is 2. The molecule has 1 N–H and O–H groups in total. The number of hydrogen-bond donors (Lipinski definition) is 1. The summed E-state index contributed by atoms with van der Waals surface area (Å²) < 4.78 is 10.3. The number of ketones is 1. The Labute approximate surface area is 203 Å². The Bertz CT molecular complexity index is 1060. The van der Waals surface area contributed by atoms with Gasteiger partial charge in [-0.25, -0.2) is 0 Å². The summed E-state index contributed by atoms with van der Waals surface area (Å²) in [6, 6.07) is 9.87. The lowest BCUT2D eigenvalue weighted by Crippen LogP contribution is -2.31.